The highest BCUT2D eigenvalue weighted by Gasteiger charge is 1.93. The highest BCUT2D eigenvalue weighted by molar-refractivity contribution is 5.75. The molecule has 0 unspecified atom stereocenters. The smallest absolute Gasteiger partial charge is 0.162 e. The van der Waals surface area contributed by atoms with E-state index in [4.69, 9.17) is 0 Å². The van der Waals surface area contributed by atoms with Gasteiger partial charge in [0.2, 0.25) is 0 Å². The van der Waals surface area contributed by atoms with Crippen LogP contribution in [0, 0.1) is 10.1 Å². The average molecular weight is 165 g/mol. The van der Waals surface area contributed by atoms with Gasteiger partial charge in [-0.15, -0.1) is 5.43 Å². The Morgan fingerprint density at radius 1 is 1.27 bits per heavy atom. The number of anilines is 1. The summed E-state index contributed by atoms with van der Waals surface area (Å²) in [5.74, 6) is 0. The molecule has 0 aliphatic heterocycles. The molecule has 0 spiro atoms. The molecule has 1 aromatic carbocycles. The zero-order valence-electron chi connectivity index (χ0n) is 5.73. The third-order valence-electron chi connectivity index (χ3n) is 0.994. The molecule has 0 saturated heterocycles. The van der Waals surface area contributed by atoms with Crippen LogP contribution in [0.4, 0.5) is 5.69 Å². The Balaban J connectivity index is 0.000001000. The molecule has 11 heavy (non-hydrogen) atoms. The first-order valence-electron chi connectivity index (χ1n) is 2.75. The van der Waals surface area contributed by atoms with Crippen LogP contribution in [0.2, 0.25) is 0 Å². The fraction of sp³-hybridized carbons (Fsp3) is 0. The van der Waals surface area contributed by atoms with Gasteiger partial charge in [0.15, 0.2) is 5.03 Å². The molecule has 0 heterocycles. The second-order valence-electron chi connectivity index (χ2n) is 1.73. The summed E-state index contributed by atoms with van der Waals surface area (Å²) in [7, 11) is 0. The maximum absolute atomic E-state index is 9.86. The summed E-state index contributed by atoms with van der Waals surface area (Å²) < 4.78 is 0. The standard InChI is InChI=1S/C6H6N2O2.Al/c9-8(10)7-6-4-2-1-3-5-6;/h1-5,7H;. The fourth-order valence-corrected chi connectivity index (χ4v) is 0.618. The van der Waals surface area contributed by atoms with Gasteiger partial charge >= 0.3 is 0 Å². The van der Waals surface area contributed by atoms with E-state index < -0.39 is 5.03 Å². The zero-order chi connectivity index (χ0) is 7.40. The van der Waals surface area contributed by atoms with E-state index in [1.807, 2.05) is 5.43 Å². The van der Waals surface area contributed by atoms with Crippen molar-refractivity contribution in [1.29, 1.82) is 0 Å². The molecule has 1 rings (SSSR count). The van der Waals surface area contributed by atoms with Crippen molar-refractivity contribution in [3.05, 3.63) is 40.4 Å². The summed E-state index contributed by atoms with van der Waals surface area (Å²) >= 11 is 0. The molecule has 5 heteroatoms. The summed E-state index contributed by atoms with van der Waals surface area (Å²) in [4.78, 5) is 9.86. The molecule has 0 bridgehead atoms. The van der Waals surface area contributed by atoms with Gasteiger partial charge in [-0.25, -0.2) is 10.1 Å². The molecule has 4 nitrogen and oxygen atoms in total. The second-order valence-corrected chi connectivity index (χ2v) is 1.73. The van der Waals surface area contributed by atoms with E-state index in [2.05, 4.69) is 0 Å². The van der Waals surface area contributed by atoms with Crippen molar-refractivity contribution in [2.75, 3.05) is 5.43 Å². The number of nitrogens with zero attached hydrogens (tertiary/aromatic N) is 1. The van der Waals surface area contributed by atoms with Crippen molar-refractivity contribution < 1.29 is 5.03 Å². The summed E-state index contributed by atoms with van der Waals surface area (Å²) in [5.41, 5.74) is 2.52. The lowest BCUT2D eigenvalue weighted by molar-refractivity contribution is -0.445. The van der Waals surface area contributed by atoms with Crippen LogP contribution in [-0.4, -0.2) is 22.4 Å². The van der Waals surface area contributed by atoms with Crippen LogP contribution >= 0.6 is 0 Å². The number of para-hydroxylation sites is 1. The van der Waals surface area contributed by atoms with E-state index in [0.717, 1.165) is 0 Å². The fourth-order valence-electron chi connectivity index (χ4n) is 0.618. The molecule has 0 aliphatic carbocycles. The van der Waals surface area contributed by atoms with Crippen molar-refractivity contribution >= 4 is 23.0 Å². The lowest BCUT2D eigenvalue weighted by Gasteiger charge is -1.93. The summed E-state index contributed by atoms with van der Waals surface area (Å²) in [6, 6.07) is 8.51. The SMILES string of the molecule is O=[N+]([O-])Nc1ccccc1.[Al]. The summed E-state index contributed by atoms with van der Waals surface area (Å²) in [6.07, 6.45) is 0. The van der Waals surface area contributed by atoms with Gasteiger partial charge in [0.05, 0.1) is 0 Å². The van der Waals surface area contributed by atoms with Gasteiger partial charge in [-0.05, 0) is 12.1 Å². The van der Waals surface area contributed by atoms with Gasteiger partial charge in [0.1, 0.15) is 5.69 Å². The Morgan fingerprint density at radius 2 is 1.82 bits per heavy atom. The quantitative estimate of drug-likeness (QED) is 0.402. The minimum absolute atomic E-state index is 0. The molecular formula is C6H6AlN2O2. The third kappa shape index (κ3) is 3.61. The van der Waals surface area contributed by atoms with E-state index >= 15 is 0 Å². The molecule has 0 fully saturated rings. The Morgan fingerprint density at radius 3 is 2.27 bits per heavy atom. The molecule has 0 aliphatic rings. The highest BCUT2D eigenvalue weighted by Crippen LogP contribution is 2.03. The first kappa shape index (κ1) is 9.95. The van der Waals surface area contributed by atoms with E-state index in [1.54, 1.807) is 30.3 Å². The molecule has 0 saturated carbocycles. The largest absolute Gasteiger partial charge is 0.235 e. The molecule has 0 amide bonds. The number of nitro groups is 1. The van der Waals surface area contributed by atoms with Crippen molar-refractivity contribution in [3.63, 3.8) is 0 Å². The topological polar surface area (TPSA) is 55.2 Å². The van der Waals surface area contributed by atoms with Crippen molar-refractivity contribution in [3.8, 4) is 0 Å². The van der Waals surface area contributed by atoms with E-state index in [9.17, 15) is 10.1 Å². The number of rotatable bonds is 2. The van der Waals surface area contributed by atoms with Gasteiger partial charge in [-0.3, -0.25) is 0 Å². The molecular weight excluding hydrogens is 159 g/mol. The first-order valence-corrected chi connectivity index (χ1v) is 2.75. The second kappa shape index (κ2) is 4.72. The van der Waals surface area contributed by atoms with Gasteiger partial charge < -0.3 is 0 Å². The lowest BCUT2D eigenvalue weighted by atomic mass is 10.3. The predicted molar refractivity (Wildman–Crippen MR) is 42.8 cm³/mol. The lowest BCUT2D eigenvalue weighted by Crippen LogP contribution is -2.06. The third-order valence-corrected chi connectivity index (χ3v) is 0.994. The Hall–Kier alpha value is -1.05. The molecule has 1 N–H and O–H groups in total. The van der Waals surface area contributed by atoms with Crippen LogP contribution in [0.15, 0.2) is 30.3 Å². The number of hydrogen-bond acceptors (Lipinski definition) is 2. The van der Waals surface area contributed by atoms with Crippen LogP contribution in [0.3, 0.4) is 0 Å². The van der Waals surface area contributed by atoms with Crippen molar-refractivity contribution in [2.45, 2.75) is 0 Å². The Kier molecular flexibility index (Phi) is 4.27. The Bertz CT molecular complexity index is 227. The molecule has 1 aromatic rings. The molecule has 0 aromatic heterocycles. The minimum atomic E-state index is -0.588. The normalized spacial score (nSPS) is 8.00. The van der Waals surface area contributed by atoms with Gasteiger partial charge in [0, 0.05) is 17.4 Å². The monoisotopic (exact) mass is 165 g/mol. The Labute approximate surface area is 74.5 Å². The average Bonchev–Trinajstić information content (AvgIpc) is 1.88. The van der Waals surface area contributed by atoms with Crippen LogP contribution < -0.4 is 5.43 Å². The van der Waals surface area contributed by atoms with Crippen LogP contribution in [0.5, 0.6) is 0 Å². The van der Waals surface area contributed by atoms with Crippen molar-refractivity contribution in [2.24, 2.45) is 0 Å². The van der Waals surface area contributed by atoms with Gasteiger partial charge in [-0.2, -0.15) is 0 Å². The van der Waals surface area contributed by atoms with E-state index in [-0.39, 0.29) is 17.4 Å². The van der Waals surface area contributed by atoms with Crippen LogP contribution in [0.25, 0.3) is 0 Å². The van der Waals surface area contributed by atoms with E-state index in [1.165, 1.54) is 0 Å². The molecule has 0 atom stereocenters. The van der Waals surface area contributed by atoms with Crippen molar-refractivity contribution in [1.82, 2.24) is 0 Å². The minimum Gasteiger partial charge on any atom is -0.235 e. The molecule has 3 radical (unpaired) electrons. The predicted octanol–water partition coefficient (Wildman–Crippen LogP) is 0.909. The molecule has 55 valence electrons. The zero-order valence-corrected chi connectivity index (χ0v) is 6.88. The number of hydrogen-bond donors (Lipinski definition) is 1. The summed E-state index contributed by atoms with van der Waals surface area (Å²) in [5, 5.41) is 9.28. The maximum atomic E-state index is 9.86. The van der Waals surface area contributed by atoms with E-state index in [0.29, 0.717) is 5.69 Å². The van der Waals surface area contributed by atoms with Gasteiger partial charge in [-0.1, -0.05) is 18.2 Å². The van der Waals surface area contributed by atoms with Gasteiger partial charge in [0.25, 0.3) is 0 Å². The maximum Gasteiger partial charge on any atom is 0.162 e. The van der Waals surface area contributed by atoms with Crippen LogP contribution in [-0.2, 0) is 0 Å². The number of nitrogens with one attached hydrogen (secondary N) is 1. The number of benzene rings is 1. The summed E-state index contributed by atoms with van der Waals surface area (Å²) in [6.45, 7) is 0. The first-order chi connectivity index (χ1) is 4.79. The number of hydrazine groups is 1. The van der Waals surface area contributed by atoms with Crippen LogP contribution in [0.1, 0.15) is 0 Å². The highest BCUT2D eigenvalue weighted by atomic mass is 27.0.